The summed E-state index contributed by atoms with van der Waals surface area (Å²) < 4.78 is 28.3. The third kappa shape index (κ3) is 3.30. The molecule has 7 nitrogen and oxygen atoms in total. The van der Waals surface area contributed by atoms with Crippen LogP contribution in [0.5, 0.6) is 0 Å². The first-order valence-electron chi connectivity index (χ1n) is 5.66. The van der Waals surface area contributed by atoms with Crippen molar-refractivity contribution in [3.63, 3.8) is 0 Å². The molecule has 0 amide bonds. The molecule has 2 aromatic heterocycles. The Labute approximate surface area is 111 Å². The van der Waals surface area contributed by atoms with Gasteiger partial charge in [-0.05, 0) is 6.07 Å². The molecule has 2 heterocycles. The molecule has 0 saturated carbocycles. The Balaban J connectivity index is 2.01. The molecule has 2 aromatic rings. The van der Waals surface area contributed by atoms with Crippen molar-refractivity contribution >= 4 is 15.8 Å². The molecule has 3 N–H and O–H groups in total. The van der Waals surface area contributed by atoms with Crippen LogP contribution in [0.15, 0.2) is 35.6 Å². The van der Waals surface area contributed by atoms with Gasteiger partial charge in [-0.1, -0.05) is 0 Å². The maximum absolute atomic E-state index is 12.0. The lowest BCUT2D eigenvalue weighted by atomic mass is 10.4. The number of nitrogens with two attached hydrogens (primary N) is 1. The van der Waals surface area contributed by atoms with Gasteiger partial charge in [-0.15, -0.1) is 0 Å². The van der Waals surface area contributed by atoms with Crippen molar-refractivity contribution in [3.05, 3.63) is 36.5 Å². The number of sulfonamides is 1. The van der Waals surface area contributed by atoms with E-state index < -0.39 is 10.0 Å². The molecular formula is C11H15N5O2S. The third-order valence-electron chi connectivity index (χ3n) is 2.62. The summed E-state index contributed by atoms with van der Waals surface area (Å²) in [6, 6.07) is 2.72. The molecular weight excluding hydrogens is 266 g/mol. The van der Waals surface area contributed by atoms with E-state index in [1.807, 2.05) is 17.8 Å². The molecule has 19 heavy (non-hydrogen) atoms. The fourth-order valence-electron chi connectivity index (χ4n) is 1.61. The molecule has 0 aliphatic carbocycles. The summed E-state index contributed by atoms with van der Waals surface area (Å²) >= 11 is 0. The molecule has 2 rings (SSSR count). The minimum atomic E-state index is -3.56. The van der Waals surface area contributed by atoms with Gasteiger partial charge in [0.05, 0.1) is 4.90 Å². The van der Waals surface area contributed by atoms with E-state index in [2.05, 4.69) is 14.7 Å². The number of rotatable bonds is 5. The van der Waals surface area contributed by atoms with Crippen molar-refractivity contribution in [1.82, 2.24) is 19.3 Å². The van der Waals surface area contributed by atoms with Crippen LogP contribution in [0.25, 0.3) is 0 Å². The minimum absolute atomic E-state index is 0.111. The highest BCUT2D eigenvalue weighted by molar-refractivity contribution is 7.89. The predicted octanol–water partition coefficient (Wildman–Crippen LogP) is -0.0817. The highest BCUT2D eigenvalue weighted by atomic mass is 32.2. The van der Waals surface area contributed by atoms with Crippen LogP contribution >= 0.6 is 0 Å². The van der Waals surface area contributed by atoms with Crippen LogP contribution < -0.4 is 10.5 Å². The summed E-state index contributed by atoms with van der Waals surface area (Å²) in [4.78, 5) is 7.99. The van der Waals surface area contributed by atoms with Crippen LogP contribution in [0.2, 0.25) is 0 Å². The number of pyridine rings is 1. The quantitative estimate of drug-likeness (QED) is 0.798. The zero-order valence-electron chi connectivity index (χ0n) is 10.4. The number of nitrogen functional groups attached to an aromatic ring is 1. The normalized spacial score (nSPS) is 11.6. The number of nitrogens with zero attached hydrogens (tertiary/aromatic N) is 3. The van der Waals surface area contributed by atoms with Gasteiger partial charge in [-0.2, -0.15) is 0 Å². The first-order valence-corrected chi connectivity index (χ1v) is 7.15. The molecule has 0 saturated heterocycles. The summed E-state index contributed by atoms with van der Waals surface area (Å²) in [5, 5.41) is 0. The predicted molar refractivity (Wildman–Crippen MR) is 70.7 cm³/mol. The van der Waals surface area contributed by atoms with Gasteiger partial charge in [0.1, 0.15) is 11.6 Å². The molecule has 0 unspecified atom stereocenters. The zero-order chi connectivity index (χ0) is 13.9. The molecule has 0 bridgehead atoms. The van der Waals surface area contributed by atoms with Crippen LogP contribution in [-0.4, -0.2) is 29.5 Å². The minimum Gasteiger partial charge on any atom is -0.384 e. The lowest BCUT2D eigenvalue weighted by Gasteiger charge is -2.07. The summed E-state index contributed by atoms with van der Waals surface area (Å²) in [6.07, 6.45) is 5.37. The van der Waals surface area contributed by atoms with E-state index >= 15 is 0 Å². The van der Waals surface area contributed by atoms with Crippen molar-refractivity contribution in [3.8, 4) is 0 Å². The van der Waals surface area contributed by atoms with Gasteiger partial charge in [-0.25, -0.2) is 23.1 Å². The Hall–Kier alpha value is -1.93. The van der Waals surface area contributed by atoms with Gasteiger partial charge in [0.2, 0.25) is 10.0 Å². The Morgan fingerprint density at radius 2 is 2.16 bits per heavy atom. The standard InChI is InChI=1S/C11H15N5O2S/c1-16-7-6-14-11(16)3-5-15-19(17,18)9-2-4-13-10(12)8-9/h2,4,6-8,15H,3,5H2,1H3,(H2,12,13). The van der Waals surface area contributed by atoms with Gasteiger partial charge in [0, 0.05) is 44.7 Å². The Kier molecular flexibility index (Phi) is 3.82. The Bertz CT molecular complexity index is 665. The van der Waals surface area contributed by atoms with Gasteiger partial charge in [-0.3, -0.25) is 0 Å². The fourth-order valence-corrected chi connectivity index (χ4v) is 2.67. The first-order chi connectivity index (χ1) is 8.99. The van der Waals surface area contributed by atoms with E-state index in [4.69, 9.17) is 5.73 Å². The molecule has 0 aliphatic heterocycles. The largest absolute Gasteiger partial charge is 0.384 e. The Morgan fingerprint density at radius 1 is 1.37 bits per heavy atom. The van der Waals surface area contributed by atoms with Crippen molar-refractivity contribution in [1.29, 1.82) is 0 Å². The van der Waals surface area contributed by atoms with E-state index in [9.17, 15) is 8.42 Å². The van der Waals surface area contributed by atoms with Crippen LogP contribution in [0.1, 0.15) is 5.82 Å². The van der Waals surface area contributed by atoms with Crippen molar-refractivity contribution in [2.24, 2.45) is 7.05 Å². The molecule has 0 aromatic carbocycles. The number of hydrogen-bond acceptors (Lipinski definition) is 5. The summed E-state index contributed by atoms with van der Waals surface area (Å²) in [6.45, 7) is 0.273. The number of nitrogens with one attached hydrogen (secondary N) is 1. The average Bonchev–Trinajstić information content (AvgIpc) is 2.75. The third-order valence-corrected chi connectivity index (χ3v) is 4.08. The number of anilines is 1. The molecule has 0 radical (unpaired) electrons. The molecule has 0 spiro atoms. The molecule has 0 fully saturated rings. The summed E-state index contributed by atoms with van der Waals surface area (Å²) in [5.41, 5.74) is 5.46. The van der Waals surface area contributed by atoms with Gasteiger partial charge >= 0.3 is 0 Å². The van der Waals surface area contributed by atoms with Crippen molar-refractivity contribution in [2.75, 3.05) is 12.3 Å². The van der Waals surface area contributed by atoms with Crippen LogP contribution in [0.3, 0.4) is 0 Å². The molecule has 8 heteroatoms. The lowest BCUT2D eigenvalue weighted by Crippen LogP contribution is -2.26. The van der Waals surface area contributed by atoms with Crippen LogP contribution in [-0.2, 0) is 23.5 Å². The second kappa shape index (κ2) is 5.37. The van der Waals surface area contributed by atoms with E-state index in [1.54, 1.807) is 6.20 Å². The smallest absolute Gasteiger partial charge is 0.240 e. The topological polar surface area (TPSA) is 103 Å². The first kappa shape index (κ1) is 13.5. The van der Waals surface area contributed by atoms with E-state index in [1.165, 1.54) is 18.3 Å². The molecule has 102 valence electrons. The van der Waals surface area contributed by atoms with Crippen molar-refractivity contribution < 1.29 is 8.42 Å². The van der Waals surface area contributed by atoms with Gasteiger partial charge in [0.25, 0.3) is 0 Å². The van der Waals surface area contributed by atoms with Gasteiger partial charge in [0.15, 0.2) is 0 Å². The maximum Gasteiger partial charge on any atom is 0.240 e. The maximum atomic E-state index is 12.0. The summed E-state index contributed by atoms with van der Waals surface area (Å²) in [5.74, 6) is 0.990. The SMILES string of the molecule is Cn1ccnc1CCNS(=O)(=O)c1ccnc(N)c1. The Morgan fingerprint density at radius 3 is 2.79 bits per heavy atom. The van der Waals surface area contributed by atoms with E-state index in [-0.39, 0.29) is 17.3 Å². The highest BCUT2D eigenvalue weighted by Gasteiger charge is 2.14. The number of aromatic nitrogens is 3. The molecule has 0 atom stereocenters. The number of imidazole rings is 1. The fraction of sp³-hybridized carbons (Fsp3) is 0.273. The van der Waals surface area contributed by atoms with Crippen LogP contribution in [0.4, 0.5) is 5.82 Å². The van der Waals surface area contributed by atoms with E-state index in [0.29, 0.717) is 6.42 Å². The summed E-state index contributed by atoms with van der Waals surface area (Å²) in [7, 11) is -1.69. The second-order valence-corrected chi connectivity index (χ2v) is 5.79. The molecule has 0 aliphatic rings. The zero-order valence-corrected chi connectivity index (χ0v) is 11.3. The van der Waals surface area contributed by atoms with Gasteiger partial charge < -0.3 is 10.3 Å². The van der Waals surface area contributed by atoms with Crippen LogP contribution in [0, 0.1) is 0 Å². The monoisotopic (exact) mass is 281 g/mol. The van der Waals surface area contributed by atoms with E-state index in [0.717, 1.165) is 5.82 Å². The number of aryl methyl sites for hydroxylation is 1. The lowest BCUT2D eigenvalue weighted by molar-refractivity contribution is 0.580. The number of hydrogen-bond donors (Lipinski definition) is 2. The van der Waals surface area contributed by atoms with Crippen molar-refractivity contribution in [2.45, 2.75) is 11.3 Å². The highest BCUT2D eigenvalue weighted by Crippen LogP contribution is 2.10. The average molecular weight is 281 g/mol. The second-order valence-electron chi connectivity index (χ2n) is 4.02.